The molecule has 0 aromatic carbocycles. The first-order chi connectivity index (χ1) is 3.43. The molecule has 0 aromatic heterocycles. The summed E-state index contributed by atoms with van der Waals surface area (Å²) in [7, 11) is 0. The Hall–Kier alpha value is -0.500. The Morgan fingerprint density at radius 3 is 2.86 bits per heavy atom. The van der Waals surface area contributed by atoms with Gasteiger partial charge in [-0.2, -0.15) is 0 Å². The van der Waals surface area contributed by atoms with Crippen LogP contribution in [-0.2, 0) is 0 Å². The maximum atomic E-state index is 3.05. The molecule has 0 aliphatic carbocycles. The van der Waals surface area contributed by atoms with Crippen LogP contribution in [0.3, 0.4) is 0 Å². The Labute approximate surface area is 43.6 Å². The first kappa shape index (κ1) is 4.65. The number of nitrogens with one attached hydrogen (secondary N) is 2. The van der Waals surface area contributed by atoms with Crippen molar-refractivity contribution >= 4 is 0 Å². The molecule has 7 heavy (non-hydrogen) atoms. The van der Waals surface area contributed by atoms with Crippen LogP contribution in [0.1, 0.15) is 13.3 Å². The van der Waals surface area contributed by atoms with Gasteiger partial charge in [0.1, 0.15) is 0 Å². The molecule has 0 saturated carbocycles. The smallest absolute Gasteiger partial charge is 0.0454 e. The molecule has 0 spiro atoms. The van der Waals surface area contributed by atoms with Gasteiger partial charge in [0.2, 0.25) is 0 Å². The molecule has 0 bridgehead atoms. The van der Waals surface area contributed by atoms with Crippen molar-refractivity contribution in [2.75, 3.05) is 0 Å². The van der Waals surface area contributed by atoms with Crippen molar-refractivity contribution in [3.8, 4) is 0 Å². The number of rotatable bonds is 1. The van der Waals surface area contributed by atoms with Crippen LogP contribution in [0.4, 0.5) is 0 Å². The molecular formula is C5H10N2. The minimum Gasteiger partial charge on any atom is -0.328 e. The Morgan fingerprint density at radius 1 is 1.71 bits per heavy atom. The van der Waals surface area contributed by atoms with Crippen LogP contribution in [0.2, 0.25) is 0 Å². The van der Waals surface area contributed by atoms with E-state index in [4.69, 9.17) is 0 Å². The van der Waals surface area contributed by atoms with Crippen molar-refractivity contribution in [3.05, 3.63) is 12.3 Å². The van der Waals surface area contributed by atoms with Crippen LogP contribution < -0.4 is 10.9 Å². The average molecular weight is 98.1 g/mol. The van der Waals surface area contributed by atoms with E-state index in [0.29, 0.717) is 6.04 Å². The van der Waals surface area contributed by atoms with E-state index in [0.717, 1.165) is 6.42 Å². The standard InChI is InChI=1S/C5H10N2/c1-2-5-3-4-6-7-5/h3-7H,2H2,1H3. The highest BCUT2D eigenvalue weighted by atomic mass is 15.4. The predicted octanol–water partition coefficient (Wildman–Crippen LogP) is 0.386. The first-order valence-electron chi connectivity index (χ1n) is 2.61. The molecule has 1 heterocycles. The molecule has 0 saturated heterocycles. The third-order valence-electron chi connectivity index (χ3n) is 1.12. The van der Waals surface area contributed by atoms with Crippen LogP contribution >= 0.6 is 0 Å². The molecule has 2 N–H and O–H groups in total. The molecule has 40 valence electrons. The van der Waals surface area contributed by atoms with E-state index in [1.807, 2.05) is 6.20 Å². The maximum Gasteiger partial charge on any atom is 0.0454 e. The lowest BCUT2D eigenvalue weighted by molar-refractivity contribution is 0.572. The minimum atomic E-state index is 0.556. The van der Waals surface area contributed by atoms with Crippen LogP contribution in [-0.4, -0.2) is 6.04 Å². The van der Waals surface area contributed by atoms with Gasteiger partial charge in [-0.3, -0.25) is 0 Å². The zero-order valence-corrected chi connectivity index (χ0v) is 4.44. The second-order valence-corrected chi connectivity index (χ2v) is 1.66. The first-order valence-corrected chi connectivity index (χ1v) is 2.61. The van der Waals surface area contributed by atoms with E-state index < -0.39 is 0 Å². The summed E-state index contributed by atoms with van der Waals surface area (Å²) in [4.78, 5) is 0. The average Bonchev–Trinajstić information content (AvgIpc) is 2.14. The van der Waals surface area contributed by atoms with Gasteiger partial charge in [-0.25, -0.2) is 5.43 Å². The molecule has 2 heteroatoms. The lowest BCUT2D eigenvalue weighted by Gasteiger charge is -2.01. The Kier molecular flexibility index (Phi) is 1.32. The molecule has 1 aliphatic heterocycles. The van der Waals surface area contributed by atoms with Gasteiger partial charge in [-0.1, -0.05) is 6.92 Å². The molecular weight excluding hydrogens is 88.1 g/mol. The number of hydrazine groups is 1. The fourth-order valence-corrected chi connectivity index (χ4v) is 0.606. The van der Waals surface area contributed by atoms with Crippen LogP contribution in [0.25, 0.3) is 0 Å². The highest BCUT2D eigenvalue weighted by molar-refractivity contribution is 4.95. The highest BCUT2D eigenvalue weighted by Gasteiger charge is 2.01. The van der Waals surface area contributed by atoms with Gasteiger partial charge in [0.05, 0.1) is 0 Å². The van der Waals surface area contributed by atoms with Gasteiger partial charge < -0.3 is 5.43 Å². The van der Waals surface area contributed by atoms with E-state index in [1.54, 1.807) is 0 Å². The predicted molar refractivity (Wildman–Crippen MR) is 29.5 cm³/mol. The van der Waals surface area contributed by atoms with Crippen molar-refractivity contribution in [2.24, 2.45) is 0 Å². The monoisotopic (exact) mass is 98.1 g/mol. The molecule has 0 radical (unpaired) electrons. The molecule has 1 rings (SSSR count). The summed E-state index contributed by atoms with van der Waals surface area (Å²) in [6.07, 6.45) is 5.19. The van der Waals surface area contributed by atoms with Crippen molar-refractivity contribution in [1.82, 2.24) is 10.9 Å². The maximum absolute atomic E-state index is 3.05. The van der Waals surface area contributed by atoms with Gasteiger partial charge in [-0.15, -0.1) is 0 Å². The molecule has 0 fully saturated rings. The second-order valence-electron chi connectivity index (χ2n) is 1.66. The minimum absolute atomic E-state index is 0.556. The van der Waals surface area contributed by atoms with Crippen LogP contribution in [0.15, 0.2) is 12.3 Å². The van der Waals surface area contributed by atoms with Gasteiger partial charge in [0.15, 0.2) is 0 Å². The Morgan fingerprint density at radius 2 is 2.57 bits per heavy atom. The summed E-state index contributed by atoms with van der Waals surface area (Å²) in [6.45, 7) is 2.15. The third kappa shape index (κ3) is 0.933. The van der Waals surface area contributed by atoms with Gasteiger partial charge in [0, 0.05) is 12.2 Å². The van der Waals surface area contributed by atoms with Gasteiger partial charge in [0.25, 0.3) is 0 Å². The molecule has 2 nitrogen and oxygen atoms in total. The normalized spacial score (nSPS) is 27.9. The van der Waals surface area contributed by atoms with Gasteiger partial charge >= 0.3 is 0 Å². The van der Waals surface area contributed by atoms with Crippen molar-refractivity contribution < 1.29 is 0 Å². The Bertz CT molecular complexity index is 78.1. The number of hydrogen-bond donors (Lipinski definition) is 2. The van der Waals surface area contributed by atoms with E-state index >= 15 is 0 Å². The third-order valence-corrected chi connectivity index (χ3v) is 1.12. The van der Waals surface area contributed by atoms with E-state index in [9.17, 15) is 0 Å². The van der Waals surface area contributed by atoms with Crippen LogP contribution in [0.5, 0.6) is 0 Å². The summed E-state index contributed by atoms with van der Waals surface area (Å²) >= 11 is 0. The van der Waals surface area contributed by atoms with E-state index in [1.165, 1.54) is 0 Å². The summed E-state index contributed by atoms with van der Waals surface area (Å²) in [6, 6.07) is 0.556. The van der Waals surface area contributed by atoms with Crippen molar-refractivity contribution in [2.45, 2.75) is 19.4 Å². The van der Waals surface area contributed by atoms with Gasteiger partial charge in [-0.05, 0) is 12.5 Å². The molecule has 1 aliphatic rings. The Balaban J connectivity index is 2.28. The topological polar surface area (TPSA) is 24.1 Å². The quantitative estimate of drug-likeness (QED) is 0.495. The van der Waals surface area contributed by atoms with E-state index in [-0.39, 0.29) is 0 Å². The SMILES string of the molecule is CCC1C=CNN1. The summed E-state index contributed by atoms with van der Waals surface area (Å²) in [5.74, 6) is 0. The highest BCUT2D eigenvalue weighted by Crippen LogP contribution is 1.93. The molecule has 1 unspecified atom stereocenters. The zero-order valence-electron chi connectivity index (χ0n) is 4.44. The molecule has 0 amide bonds. The van der Waals surface area contributed by atoms with Crippen LogP contribution in [0, 0.1) is 0 Å². The molecule has 0 aromatic rings. The number of hydrogen-bond acceptors (Lipinski definition) is 2. The summed E-state index contributed by atoms with van der Waals surface area (Å²) < 4.78 is 0. The second kappa shape index (κ2) is 1.98. The largest absolute Gasteiger partial charge is 0.328 e. The summed E-state index contributed by atoms with van der Waals surface area (Å²) in [5, 5.41) is 0. The van der Waals surface area contributed by atoms with Crippen molar-refractivity contribution in [3.63, 3.8) is 0 Å². The lowest BCUT2D eigenvalue weighted by Crippen LogP contribution is -2.29. The lowest BCUT2D eigenvalue weighted by atomic mass is 10.2. The fourth-order valence-electron chi connectivity index (χ4n) is 0.606. The van der Waals surface area contributed by atoms with E-state index in [2.05, 4.69) is 23.9 Å². The summed E-state index contributed by atoms with van der Waals surface area (Å²) in [5.41, 5.74) is 5.94. The van der Waals surface area contributed by atoms with Crippen molar-refractivity contribution in [1.29, 1.82) is 0 Å². The zero-order chi connectivity index (χ0) is 5.11. The molecule has 1 atom stereocenters. The fraction of sp³-hybridized carbons (Fsp3) is 0.600.